The van der Waals surface area contributed by atoms with Crippen molar-refractivity contribution in [2.75, 3.05) is 0 Å². The van der Waals surface area contributed by atoms with Gasteiger partial charge in [0.1, 0.15) is 0 Å². The van der Waals surface area contributed by atoms with Crippen molar-refractivity contribution in [3.05, 3.63) is 40.0 Å². The van der Waals surface area contributed by atoms with Crippen LogP contribution >= 0.6 is 0 Å². The number of allylic oxidation sites excluding steroid dienone is 2. The molecular weight excluding hydrogens is 208 g/mol. The van der Waals surface area contributed by atoms with Crippen molar-refractivity contribution in [3.8, 4) is 0 Å². The molecule has 1 atom stereocenters. The summed E-state index contributed by atoms with van der Waals surface area (Å²) in [7, 11) is -0.296. The first-order valence-corrected chi connectivity index (χ1v) is 8.60. The Morgan fingerprint density at radius 1 is 1.00 bits per heavy atom. The monoisotopic (exact) mass is 229 g/mol. The highest BCUT2D eigenvalue weighted by molar-refractivity contribution is 6.59. The van der Waals surface area contributed by atoms with Crippen molar-refractivity contribution in [1.82, 2.24) is 0 Å². The zero-order valence-corrected chi connectivity index (χ0v) is 12.2. The highest BCUT2D eigenvalue weighted by atomic mass is 28.3. The van der Waals surface area contributed by atoms with Crippen LogP contribution in [0, 0.1) is 13.8 Å². The Morgan fingerprint density at radius 3 is 2.19 bits per heavy atom. The van der Waals surface area contributed by atoms with Gasteiger partial charge in [-0.3, -0.25) is 0 Å². The van der Waals surface area contributed by atoms with Crippen molar-refractivity contribution in [1.29, 1.82) is 0 Å². The maximum absolute atomic E-state index is 2.43. The van der Waals surface area contributed by atoms with Crippen LogP contribution in [0.2, 0.25) is 13.1 Å². The molecule has 1 aliphatic rings. The van der Waals surface area contributed by atoms with Gasteiger partial charge in [0.2, 0.25) is 0 Å². The lowest BCUT2D eigenvalue weighted by molar-refractivity contribution is 1.09. The SMILES string of the molecule is CC1=C(C)[C@@H]([Si](C)C)c2cc(C)cc(C)c21. The fraction of sp³-hybridized carbons (Fsp3) is 0.467. The molecule has 1 aromatic rings. The van der Waals surface area contributed by atoms with E-state index in [2.05, 4.69) is 52.9 Å². The fourth-order valence-electron chi connectivity index (χ4n) is 3.13. The molecule has 0 N–H and O–H groups in total. The molecule has 0 aliphatic heterocycles. The van der Waals surface area contributed by atoms with E-state index in [0.29, 0.717) is 0 Å². The summed E-state index contributed by atoms with van der Waals surface area (Å²) in [6, 6.07) is 4.72. The summed E-state index contributed by atoms with van der Waals surface area (Å²) in [4.78, 5) is 0. The van der Waals surface area contributed by atoms with Crippen LogP contribution in [0.4, 0.5) is 0 Å². The summed E-state index contributed by atoms with van der Waals surface area (Å²) in [5.74, 6) is 0. The molecule has 0 saturated heterocycles. The molecule has 0 saturated carbocycles. The van der Waals surface area contributed by atoms with E-state index in [1.54, 1.807) is 16.7 Å². The first kappa shape index (κ1) is 11.7. The predicted molar refractivity (Wildman–Crippen MR) is 74.4 cm³/mol. The van der Waals surface area contributed by atoms with E-state index in [9.17, 15) is 0 Å². The Labute approximate surface area is 101 Å². The Kier molecular flexibility index (Phi) is 2.83. The summed E-state index contributed by atoms with van der Waals surface area (Å²) in [6.45, 7) is 13.9. The number of hydrogen-bond donors (Lipinski definition) is 0. The van der Waals surface area contributed by atoms with E-state index in [1.807, 2.05) is 0 Å². The van der Waals surface area contributed by atoms with E-state index >= 15 is 0 Å². The topological polar surface area (TPSA) is 0 Å². The predicted octanol–water partition coefficient (Wildman–Crippen LogP) is 4.49. The van der Waals surface area contributed by atoms with Crippen LogP contribution in [-0.2, 0) is 0 Å². The molecule has 0 amide bonds. The summed E-state index contributed by atoms with van der Waals surface area (Å²) in [5.41, 5.74) is 9.89. The van der Waals surface area contributed by atoms with Crippen molar-refractivity contribution in [2.24, 2.45) is 0 Å². The molecular formula is C15H21Si. The smallest absolute Gasteiger partial charge is 0.0552 e. The van der Waals surface area contributed by atoms with E-state index in [0.717, 1.165) is 5.54 Å². The summed E-state index contributed by atoms with van der Waals surface area (Å²) >= 11 is 0. The van der Waals surface area contributed by atoms with Crippen LogP contribution in [0.1, 0.15) is 41.6 Å². The molecule has 85 valence electrons. The maximum Gasteiger partial charge on any atom is 0.0552 e. The van der Waals surface area contributed by atoms with Crippen molar-refractivity contribution in [2.45, 2.75) is 46.3 Å². The molecule has 0 nitrogen and oxygen atoms in total. The van der Waals surface area contributed by atoms with Gasteiger partial charge in [0.25, 0.3) is 0 Å². The molecule has 1 heteroatoms. The number of fused-ring (bicyclic) bond motifs is 1. The first-order valence-electron chi connectivity index (χ1n) is 6.02. The van der Waals surface area contributed by atoms with Gasteiger partial charge in [0, 0.05) is 0 Å². The third-order valence-electron chi connectivity index (χ3n) is 3.80. The van der Waals surface area contributed by atoms with Crippen molar-refractivity contribution < 1.29 is 0 Å². The summed E-state index contributed by atoms with van der Waals surface area (Å²) in [6.07, 6.45) is 0. The number of hydrogen-bond acceptors (Lipinski definition) is 0. The van der Waals surface area contributed by atoms with Gasteiger partial charge in [-0.15, -0.1) is 0 Å². The zero-order chi connectivity index (χ0) is 12.0. The summed E-state index contributed by atoms with van der Waals surface area (Å²) < 4.78 is 0. The molecule has 2 rings (SSSR count). The minimum Gasteiger partial charge on any atom is -0.0705 e. The van der Waals surface area contributed by atoms with Gasteiger partial charge < -0.3 is 0 Å². The van der Waals surface area contributed by atoms with Gasteiger partial charge in [-0.25, -0.2) is 0 Å². The van der Waals surface area contributed by atoms with Gasteiger partial charge >= 0.3 is 0 Å². The van der Waals surface area contributed by atoms with Gasteiger partial charge in [0.05, 0.1) is 8.80 Å². The standard InChI is InChI=1S/C15H21Si/c1-9-7-10(2)14-11(3)12(4)15(16(5)6)13(14)8-9/h7-8,15H,1-6H3/t15-/m1/s1. The lowest BCUT2D eigenvalue weighted by Crippen LogP contribution is -2.15. The summed E-state index contributed by atoms with van der Waals surface area (Å²) in [5, 5.41) is 0. The molecule has 0 unspecified atom stereocenters. The van der Waals surface area contributed by atoms with Crippen molar-refractivity contribution in [3.63, 3.8) is 0 Å². The minimum atomic E-state index is -0.296. The van der Waals surface area contributed by atoms with Gasteiger partial charge in [-0.2, -0.15) is 0 Å². The Bertz CT molecular complexity index is 467. The minimum absolute atomic E-state index is 0.296. The second-order valence-electron chi connectivity index (χ2n) is 5.36. The molecule has 16 heavy (non-hydrogen) atoms. The average Bonchev–Trinajstić information content (AvgIpc) is 2.38. The van der Waals surface area contributed by atoms with Crippen LogP contribution in [0.5, 0.6) is 0 Å². The second kappa shape index (κ2) is 3.88. The largest absolute Gasteiger partial charge is 0.0705 e. The Morgan fingerprint density at radius 2 is 1.62 bits per heavy atom. The van der Waals surface area contributed by atoms with E-state index in [1.165, 1.54) is 16.7 Å². The number of aryl methyl sites for hydroxylation is 2. The van der Waals surface area contributed by atoms with E-state index < -0.39 is 0 Å². The molecule has 0 aromatic heterocycles. The average molecular weight is 229 g/mol. The quantitative estimate of drug-likeness (QED) is 0.623. The molecule has 1 aliphatic carbocycles. The molecule has 1 aromatic carbocycles. The van der Waals surface area contributed by atoms with Crippen LogP contribution in [0.3, 0.4) is 0 Å². The maximum atomic E-state index is 2.43. The van der Waals surface area contributed by atoms with Crippen LogP contribution in [-0.4, -0.2) is 8.80 Å². The molecule has 0 bridgehead atoms. The third-order valence-corrected chi connectivity index (χ3v) is 5.70. The highest BCUT2D eigenvalue weighted by Gasteiger charge is 2.30. The third kappa shape index (κ3) is 1.58. The Hall–Kier alpha value is -0.823. The first-order chi connectivity index (χ1) is 7.43. The molecule has 0 spiro atoms. The van der Waals surface area contributed by atoms with Gasteiger partial charge in [0.15, 0.2) is 0 Å². The van der Waals surface area contributed by atoms with Crippen molar-refractivity contribution >= 4 is 14.4 Å². The Balaban J connectivity index is 2.69. The van der Waals surface area contributed by atoms with Crippen LogP contribution in [0.25, 0.3) is 5.57 Å². The second-order valence-corrected chi connectivity index (χ2v) is 8.10. The van der Waals surface area contributed by atoms with E-state index in [-0.39, 0.29) is 8.80 Å². The normalized spacial score (nSPS) is 19.6. The van der Waals surface area contributed by atoms with Crippen LogP contribution < -0.4 is 0 Å². The number of benzene rings is 1. The van der Waals surface area contributed by atoms with Gasteiger partial charge in [-0.05, 0) is 55.5 Å². The molecule has 0 fully saturated rings. The van der Waals surface area contributed by atoms with Gasteiger partial charge in [-0.1, -0.05) is 36.4 Å². The molecule has 0 heterocycles. The zero-order valence-electron chi connectivity index (χ0n) is 11.2. The number of rotatable bonds is 1. The van der Waals surface area contributed by atoms with Crippen LogP contribution in [0.15, 0.2) is 17.7 Å². The lowest BCUT2D eigenvalue weighted by atomic mass is 9.98. The lowest BCUT2D eigenvalue weighted by Gasteiger charge is -2.18. The highest BCUT2D eigenvalue weighted by Crippen LogP contribution is 2.44. The fourth-order valence-corrected chi connectivity index (χ4v) is 5.06. The molecule has 1 radical (unpaired) electrons. The van der Waals surface area contributed by atoms with E-state index in [4.69, 9.17) is 0 Å².